The first-order chi connectivity index (χ1) is 9.04. The Balaban J connectivity index is 2.46. The van der Waals surface area contributed by atoms with Crippen LogP contribution >= 0.6 is 0 Å². The molecule has 0 amide bonds. The zero-order chi connectivity index (χ0) is 14.0. The Morgan fingerprint density at radius 1 is 1.58 bits per heavy atom. The van der Waals surface area contributed by atoms with Gasteiger partial charge in [0.25, 0.3) is 5.69 Å². The number of nitrogens with zero attached hydrogens (tertiary/aromatic N) is 2. The minimum Gasteiger partial charge on any atom is -0.497 e. The van der Waals surface area contributed by atoms with Crippen LogP contribution in [0, 0.1) is 10.1 Å². The highest BCUT2D eigenvalue weighted by Gasteiger charge is 2.34. The molecular weight excluding hydrogens is 252 g/mol. The number of carbonyl (C=O) groups is 1. The van der Waals surface area contributed by atoms with Gasteiger partial charge in [-0.3, -0.25) is 10.1 Å². The number of carboxylic acids is 1. The fourth-order valence-electron chi connectivity index (χ4n) is 2.33. The van der Waals surface area contributed by atoms with Crippen molar-refractivity contribution in [2.24, 2.45) is 0 Å². The molecule has 7 heteroatoms. The van der Waals surface area contributed by atoms with Crippen LogP contribution in [0.15, 0.2) is 18.2 Å². The van der Waals surface area contributed by atoms with E-state index in [1.165, 1.54) is 25.3 Å². The molecule has 0 spiro atoms. The first-order valence-corrected chi connectivity index (χ1v) is 5.86. The second-order valence-corrected chi connectivity index (χ2v) is 4.30. The molecule has 19 heavy (non-hydrogen) atoms. The highest BCUT2D eigenvalue weighted by molar-refractivity contribution is 5.81. The third kappa shape index (κ3) is 2.44. The van der Waals surface area contributed by atoms with Crippen molar-refractivity contribution in [3.63, 3.8) is 0 Å². The van der Waals surface area contributed by atoms with E-state index in [9.17, 15) is 14.9 Å². The summed E-state index contributed by atoms with van der Waals surface area (Å²) in [6, 6.07) is 3.63. The van der Waals surface area contributed by atoms with Crippen LogP contribution in [0.5, 0.6) is 5.75 Å². The third-order valence-corrected chi connectivity index (χ3v) is 3.23. The summed E-state index contributed by atoms with van der Waals surface area (Å²) in [7, 11) is 1.46. The Morgan fingerprint density at radius 3 is 2.89 bits per heavy atom. The maximum atomic E-state index is 11.2. The van der Waals surface area contributed by atoms with Crippen molar-refractivity contribution < 1.29 is 19.6 Å². The van der Waals surface area contributed by atoms with Crippen LogP contribution in [0.3, 0.4) is 0 Å². The SMILES string of the molecule is COc1ccc([N+](=O)[O-])c(N2CCCC2C(=O)O)c1. The van der Waals surface area contributed by atoms with Crippen molar-refractivity contribution in [3.8, 4) is 5.75 Å². The number of nitro benzene ring substituents is 1. The summed E-state index contributed by atoms with van der Waals surface area (Å²) < 4.78 is 5.05. The molecule has 1 aliphatic rings. The van der Waals surface area contributed by atoms with Gasteiger partial charge in [-0.05, 0) is 18.9 Å². The van der Waals surface area contributed by atoms with Gasteiger partial charge >= 0.3 is 5.97 Å². The molecule has 1 atom stereocenters. The maximum Gasteiger partial charge on any atom is 0.326 e. The van der Waals surface area contributed by atoms with Crippen LogP contribution in [-0.2, 0) is 4.79 Å². The van der Waals surface area contributed by atoms with Crippen molar-refractivity contribution in [2.75, 3.05) is 18.6 Å². The average Bonchev–Trinajstić information content (AvgIpc) is 2.87. The highest BCUT2D eigenvalue weighted by atomic mass is 16.6. The van der Waals surface area contributed by atoms with Crippen LogP contribution in [-0.4, -0.2) is 35.7 Å². The minimum absolute atomic E-state index is 0.103. The van der Waals surface area contributed by atoms with E-state index in [1.807, 2.05) is 0 Å². The van der Waals surface area contributed by atoms with Crippen LogP contribution in [0.2, 0.25) is 0 Å². The number of hydrogen-bond donors (Lipinski definition) is 1. The number of nitro groups is 1. The summed E-state index contributed by atoms with van der Waals surface area (Å²) >= 11 is 0. The molecule has 0 radical (unpaired) electrons. The molecule has 7 nitrogen and oxygen atoms in total. The Morgan fingerprint density at radius 2 is 2.32 bits per heavy atom. The lowest BCUT2D eigenvalue weighted by Gasteiger charge is -2.23. The topological polar surface area (TPSA) is 92.9 Å². The van der Waals surface area contributed by atoms with Crippen molar-refractivity contribution in [1.82, 2.24) is 0 Å². The van der Waals surface area contributed by atoms with Gasteiger partial charge in [0.15, 0.2) is 0 Å². The van der Waals surface area contributed by atoms with Crippen LogP contribution < -0.4 is 9.64 Å². The van der Waals surface area contributed by atoms with Crippen molar-refractivity contribution >= 4 is 17.3 Å². The number of aliphatic carboxylic acids is 1. The summed E-state index contributed by atoms with van der Waals surface area (Å²) in [5.74, 6) is -0.494. The first-order valence-electron chi connectivity index (χ1n) is 5.86. The summed E-state index contributed by atoms with van der Waals surface area (Å²) in [5, 5.41) is 20.2. The largest absolute Gasteiger partial charge is 0.497 e. The van der Waals surface area contributed by atoms with Gasteiger partial charge in [-0.25, -0.2) is 4.79 Å². The van der Waals surface area contributed by atoms with Crippen molar-refractivity contribution in [2.45, 2.75) is 18.9 Å². The lowest BCUT2D eigenvalue weighted by atomic mass is 10.2. The number of anilines is 1. The molecule has 0 aromatic heterocycles. The summed E-state index contributed by atoms with van der Waals surface area (Å²) in [6.07, 6.45) is 1.19. The number of benzene rings is 1. The van der Waals surface area contributed by atoms with Gasteiger partial charge in [-0.2, -0.15) is 0 Å². The van der Waals surface area contributed by atoms with E-state index in [0.717, 1.165) is 0 Å². The maximum absolute atomic E-state index is 11.2. The standard InChI is InChI=1S/C12H14N2O5/c1-19-8-4-5-9(14(17)18)11(7-8)13-6-2-3-10(13)12(15)16/h4-5,7,10H,2-3,6H2,1H3,(H,15,16). The summed E-state index contributed by atoms with van der Waals surface area (Å²) in [4.78, 5) is 23.3. The lowest BCUT2D eigenvalue weighted by molar-refractivity contribution is -0.384. The van der Waals surface area contributed by atoms with Gasteiger partial charge < -0.3 is 14.7 Å². The smallest absolute Gasteiger partial charge is 0.326 e. The Kier molecular flexibility index (Phi) is 3.55. The minimum atomic E-state index is -0.963. The Bertz CT molecular complexity index is 517. The zero-order valence-corrected chi connectivity index (χ0v) is 10.4. The first kappa shape index (κ1) is 13.1. The summed E-state index contributed by atoms with van der Waals surface area (Å²) in [5.41, 5.74) is 0.197. The fourth-order valence-corrected chi connectivity index (χ4v) is 2.33. The van der Waals surface area contributed by atoms with Crippen molar-refractivity contribution in [1.29, 1.82) is 0 Å². The van der Waals surface area contributed by atoms with E-state index in [0.29, 0.717) is 30.8 Å². The monoisotopic (exact) mass is 266 g/mol. The van der Waals surface area contributed by atoms with Gasteiger partial charge in [0.2, 0.25) is 0 Å². The van der Waals surface area contributed by atoms with E-state index < -0.39 is 16.9 Å². The molecule has 0 saturated carbocycles. The second-order valence-electron chi connectivity index (χ2n) is 4.30. The Labute approximate surface area is 109 Å². The fraction of sp³-hybridized carbons (Fsp3) is 0.417. The van der Waals surface area contributed by atoms with Crippen LogP contribution in [0.1, 0.15) is 12.8 Å². The lowest BCUT2D eigenvalue weighted by Crippen LogP contribution is -2.36. The van der Waals surface area contributed by atoms with E-state index in [2.05, 4.69) is 0 Å². The van der Waals surface area contributed by atoms with Gasteiger partial charge in [0.05, 0.1) is 12.0 Å². The number of carboxylic acid groups (broad SMARTS) is 1. The predicted octanol–water partition coefficient (Wildman–Crippen LogP) is 1.66. The van der Waals surface area contributed by atoms with Gasteiger partial charge in [0.1, 0.15) is 17.5 Å². The molecular formula is C12H14N2O5. The molecule has 1 fully saturated rings. The average molecular weight is 266 g/mol. The quantitative estimate of drug-likeness (QED) is 0.658. The molecule has 1 aromatic carbocycles. The van der Waals surface area contributed by atoms with Crippen LogP contribution in [0.25, 0.3) is 0 Å². The molecule has 2 rings (SSSR count). The molecule has 0 bridgehead atoms. The zero-order valence-electron chi connectivity index (χ0n) is 10.4. The molecule has 1 unspecified atom stereocenters. The molecule has 102 valence electrons. The molecule has 1 heterocycles. The van der Waals surface area contributed by atoms with Crippen molar-refractivity contribution in [3.05, 3.63) is 28.3 Å². The van der Waals surface area contributed by atoms with Gasteiger partial charge in [0, 0.05) is 18.7 Å². The van der Waals surface area contributed by atoms with E-state index in [-0.39, 0.29) is 5.69 Å². The predicted molar refractivity (Wildman–Crippen MR) is 67.7 cm³/mol. The molecule has 1 saturated heterocycles. The van der Waals surface area contributed by atoms with Gasteiger partial charge in [-0.1, -0.05) is 0 Å². The third-order valence-electron chi connectivity index (χ3n) is 3.23. The second kappa shape index (κ2) is 5.13. The number of methoxy groups -OCH3 is 1. The normalized spacial score (nSPS) is 18.4. The number of ether oxygens (including phenoxy) is 1. The van der Waals surface area contributed by atoms with E-state index in [4.69, 9.17) is 9.84 Å². The summed E-state index contributed by atoms with van der Waals surface area (Å²) in [6.45, 7) is 0.491. The number of hydrogen-bond acceptors (Lipinski definition) is 5. The number of rotatable bonds is 4. The molecule has 1 aliphatic heterocycles. The van der Waals surface area contributed by atoms with E-state index in [1.54, 1.807) is 4.90 Å². The molecule has 1 aromatic rings. The Hall–Kier alpha value is -2.31. The van der Waals surface area contributed by atoms with Gasteiger partial charge in [-0.15, -0.1) is 0 Å². The van der Waals surface area contributed by atoms with Crippen LogP contribution in [0.4, 0.5) is 11.4 Å². The molecule has 0 aliphatic carbocycles. The highest BCUT2D eigenvalue weighted by Crippen LogP contribution is 2.36. The van der Waals surface area contributed by atoms with E-state index >= 15 is 0 Å². The molecule has 1 N–H and O–H groups in total.